The van der Waals surface area contributed by atoms with Crippen LogP contribution < -0.4 is 10.6 Å². The van der Waals surface area contributed by atoms with Gasteiger partial charge in [-0.25, -0.2) is 9.59 Å². The second kappa shape index (κ2) is 9.95. The number of nitrogens with one attached hydrogen (secondary N) is 2. The Morgan fingerprint density at radius 3 is 2.44 bits per heavy atom. The lowest BCUT2D eigenvalue weighted by Crippen LogP contribution is -2.48. The van der Waals surface area contributed by atoms with Crippen LogP contribution in [0.5, 0.6) is 0 Å². The molecule has 6 nitrogen and oxygen atoms in total. The highest BCUT2D eigenvalue weighted by molar-refractivity contribution is 6.42. The third kappa shape index (κ3) is 6.11. The topological polar surface area (TPSA) is 84.5 Å². The quantitative estimate of drug-likeness (QED) is 0.687. The van der Waals surface area contributed by atoms with Crippen molar-refractivity contribution in [2.45, 2.75) is 51.0 Å². The van der Waals surface area contributed by atoms with Crippen molar-refractivity contribution in [3.8, 4) is 0 Å². The monoisotopic (exact) mass is 414 g/mol. The molecule has 2 unspecified atom stereocenters. The van der Waals surface area contributed by atoms with Crippen molar-refractivity contribution >= 4 is 41.1 Å². The van der Waals surface area contributed by atoms with E-state index >= 15 is 0 Å². The molecule has 8 heteroatoms. The van der Waals surface area contributed by atoms with Crippen LogP contribution in [0.4, 0.5) is 4.79 Å². The maximum atomic E-state index is 12.8. The van der Waals surface area contributed by atoms with Gasteiger partial charge in [-0.15, -0.1) is 0 Å². The van der Waals surface area contributed by atoms with Gasteiger partial charge < -0.3 is 10.1 Å². The normalized spacial score (nSPS) is 16.4. The van der Waals surface area contributed by atoms with Crippen LogP contribution in [0, 0.1) is 5.92 Å². The average Bonchev–Trinajstić information content (AvgIpc) is 3.14. The minimum atomic E-state index is -0.860. The molecule has 1 aliphatic carbocycles. The van der Waals surface area contributed by atoms with Crippen molar-refractivity contribution in [3.63, 3.8) is 0 Å². The van der Waals surface area contributed by atoms with Crippen LogP contribution in [0.1, 0.15) is 50.5 Å². The van der Waals surface area contributed by atoms with Gasteiger partial charge in [0.25, 0.3) is 0 Å². The maximum Gasteiger partial charge on any atom is 0.328 e. The number of ether oxygens (including phenoxy) is 1. The molecule has 0 saturated heterocycles. The van der Waals surface area contributed by atoms with Crippen molar-refractivity contribution < 1.29 is 19.1 Å². The van der Waals surface area contributed by atoms with E-state index in [0.717, 1.165) is 25.7 Å². The van der Waals surface area contributed by atoms with Crippen LogP contribution in [0.2, 0.25) is 10.0 Å². The minimum absolute atomic E-state index is 0.363. The third-order valence-corrected chi connectivity index (χ3v) is 5.58. The zero-order chi connectivity index (χ0) is 20.0. The van der Waals surface area contributed by atoms with Crippen LogP contribution in [0.3, 0.4) is 0 Å². The van der Waals surface area contributed by atoms with E-state index in [1.54, 1.807) is 18.2 Å². The van der Waals surface area contributed by atoms with Crippen molar-refractivity contribution in [2.75, 3.05) is 7.11 Å². The summed E-state index contributed by atoms with van der Waals surface area (Å²) in [6.07, 6.45) is 5.06. The number of halogens is 2. The van der Waals surface area contributed by atoms with Crippen molar-refractivity contribution in [1.82, 2.24) is 10.6 Å². The molecule has 27 heavy (non-hydrogen) atoms. The first-order valence-electron chi connectivity index (χ1n) is 8.96. The Balaban J connectivity index is 2.11. The van der Waals surface area contributed by atoms with E-state index in [2.05, 4.69) is 15.4 Å². The van der Waals surface area contributed by atoms with E-state index in [1.807, 2.05) is 0 Å². The van der Waals surface area contributed by atoms with E-state index in [0.29, 0.717) is 27.9 Å². The van der Waals surface area contributed by atoms with E-state index < -0.39 is 29.9 Å². The van der Waals surface area contributed by atoms with Crippen LogP contribution in [0.25, 0.3) is 0 Å². The molecule has 0 radical (unpaired) electrons. The molecule has 1 aromatic rings. The summed E-state index contributed by atoms with van der Waals surface area (Å²) in [7, 11) is 1.23. The molecule has 148 valence electrons. The molecule has 2 rings (SSSR count). The zero-order valence-corrected chi connectivity index (χ0v) is 16.9. The highest BCUT2D eigenvalue weighted by atomic mass is 35.5. The number of urea groups is 1. The molecule has 1 aromatic carbocycles. The Morgan fingerprint density at radius 2 is 1.85 bits per heavy atom. The lowest BCUT2D eigenvalue weighted by molar-refractivity contribution is -0.142. The van der Waals surface area contributed by atoms with E-state index in [-0.39, 0.29) is 0 Å². The predicted octanol–water partition coefficient (Wildman–Crippen LogP) is 4.04. The fourth-order valence-electron chi connectivity index (χ4n) is 3.37. The van der Waals surface area contributed by atoms with Crippen molar-refractivity contribution in [2.24, 2.45) is 5.92 Å². The van der Waals surface area contributed by atoms with Gasteiger partial charge in [0.2, 0.25) is 5.91 Å². The Morgan fingerprint density at radius 1 is 1.19 bits per heavy atom. The average molecular weight is 415 g/mol. The van der Waals surface area contributed by atoms with Gasteiger partial charge >= 0.3 is 12.0 Å². The fraction of sp³-hybridized carbons (Fsp3) is 0.526. The van der Waals surface area contributed by atoms with Crippen LogP contribution >= 0.6 is 23.2 Å². The molecule has 0 spiro atoms. The Kier molecular flexibility index (Phi) is 7.92. The number of hydrogen-bond donors (Lipinski definition) is 2. The molecule has 0 aromatic heterocycles. The summed E-state index contributed by atoms with van der Waals surface area (Å²) >= 11 is 12.1. The van der Waals surface area contributed by atoms with Gasteiger partial charge in [0, 0.05) is 0 Å². The molecule has 1 aliphatic rings. The summed E-state index contributed by atoms with van der Waals surface area (Å²) < 4.78 is 4.55. The number of amides is 3. The fourth-order valence-corrected chi connectivity index (χ4v) is 3.68. The summed E-state index contributed by atoms with van der Waals surface area (Å²) in [6.45, 7) is 1.48. The zero-order valence-electron chi connectivity index (χ0n) is 15.4. The molecule has 0 aliphatic heterocycles. The number of benzene rings is 1. The maximum absolute atomic E-state index is 12.8. The molecule has 1 fully saturated rings. The van der Waals surface area contributed by atoms with Gasteiger partial charge in [0.15, 0.2) is 0 Å². The first kappa shape index (κ1) is 21.5. The van der Waals surface area contributed by atoms with Gasteiger partial charge in [-0.2, -0.15) is 0 Å². The number of carbonyl (C=O) groups excluding carboxylic acids is 3. The highest BCUT2D eigenvalue weighted by Gasteiger charge is 2.28. The van der Waals surface area contributed by atoms with Crippen molar-refractivity contribution in [3.05, 3.63) is 33.8 Å². The van der Waals surface area contributed by atoms with Crippen LogP contribution in [-0.2, 0) is 14.3 Å². The number of esters is 1. The molecular formula is C19H24Cl2N2O4. The Hall–Kier alpha value is -1.79. The van der Waals surface area contributed by atoms with Gasteiger partial charge in [-0.1, -0.05) is 55.0 Å². The first-order valence-corrected chi connectivity index (χ1v) is 9.71. The van der Waals surface area contributed by atoms with E-state index in [9.17, 15) is 14.4 Å². The molecule has 2 N–H and O–H groups in total. The number of hydrogen-bond acceptors (Lipinski definition) is 4. The Labute approximate surface area is 168 Å². The second-order valence-corrected chi connectivity index (χ2v) is 7.63. The lowest BCUT2D eigenvalue weighted by Gasteiger charge is -2.21. The summed E-state index contributed by atoms with van der Waals surface area (Å²) in [5.41, 5.74) is 0.711. The summed E-state index contributed by atoms with van der Waals surface area (Å²) in [6, 6.07) is 3.46. The van der Waals surface area contributed by atoms with Gasteiger partial charge in [0.05, 0.1) is 23.1 Å². The minimum Gasteiger partial charge on any atom is -0.467 e. The molecule has 0 bridgehead atoms. The van der Waals surface area contributed by atoms with Gasteiger partial charge in [-0.05, 0) is 37.0 Å². The second-order valence-electron chi connectivity index (χ2n) is 6.82. The Bertz CT molecular complexity index is 705. The number of methoxy groups -OCH3 is 1. The van der Waals surface area contributed by atoms with Crippen LogP contribution in [-0.4, -0.2) is 31.1 Å². The lowest BCUT2D eigenvalue weighted by atomic mass is 9.87. The number of rotatable bonds is 6. The van der Waals surface area contributed by atoms with Crippen molar-refractivity contribution in [1.29, 1.82) is 0 Å². The number of carbonyl (C=O) groups is 3. The molecule has 2 atom stereocenters. The van der Waals surface area contributed by atoms with Gasteiger partial charge in [-0.3, -0.25) is 10.1 Å². The van der Waals surface area contributed by atoms with E-state index in [4.69, 9.17) is 23.2 Å². The SMILES string of the molecule is COC(=O)C(C)NC(=O)NC(=O)C(CC1CCCC1)c1ccc(Cl)c(Cl)c1. The predicted molar refractivity (Wildman–Crippen MR) is 104 cm³/mol. The summed E-state index contributed by atoms with van der Waals surface area (Å²) in [5, 5.41) is 5.48. The van der Waals surface area contributed by atoms with E-state index in [1.165, 1.54) is 14.0 Å². The molecular weight excluding hydrogens is 391 g/mol. The number of imide groups is 1. The van der Waals surface area contributed by atoms with Crippen LogP contribution in [0.15, 0.2) is 18.2 Å². The third-order valence-electron chi connectivity index (χ3n) is 4.85. The van der Waals surface area contributed by atoms with Gasteiger partial charge in [0.1, 0.15) is 6.04 Å². The first-order chi connectivity index (χ1) is 12.8. The molecule has 0 heterocycles. The molecule has 3 amide bonds. The summed E-state index contributed by atoms with van der Waals surface area (Å²) in [5.74, 6) is -1.13. The highest BCUT2D eigenvalue weighted by Crippen LogP contribution is 2.36. The molecule has 1 saturated carbocycles. The summed E-state index contributed by atoms with van der Waals surface area (Å²) in [4.78, 5) is 36.3. The smallest absolute Gasteiger partial charge is 0.328 e. The standard InChI is InChI=1S/C19H24Cl2N2O4/c1-11(18(25)27-2)22-19(26)23-17(24)14(9-12-5-3-4-6-12)13-7-8-15(20)16(21)10-13/h7-8,10-12,14H,3-6,9H2,1-2H3,(H2,22,23,24,26). The largest absolute Gasteiger partial charge is 0.467 e.